The molecule has 1 amide bonds. The van der Waals surface area contributed by atoms with Gasteiger partial charge in [-0.1, -0.05) is 27.7 Å². The highest BCUT2D eigenvalue weighted by molar-refractivity contribution is 9.10. The number of hydrogen-bond acceptors (Lipinski definition) is 5. The lowest BCUT2D eigenvalue weighted by atomic mass is 10.2. The molecule has 2 fully saturated rings. The predicted molar refractivity (Wildman–Crippen MR) is 99.7 cm³/mol. The SMILES string of the molecule is O=C(O)CCC(=O)N=C1S[C@@H]2CS(=O)(=O)C[C@H]2N1c1ccc(Br)cc1F. The average molecular weight is 465 g/mol. The molecule has 2 aliphatic heterocycles. The van der Waals surface area contributed by atoms with Crippen molar-refractivity contribution >= 4 is 60.3 Å². The Bertz CT molecular complexity index is 905. The molecule has 2 atom stereocenters. The second kappa shape index (κ2) is 7.28. The summed E-state index contributed by atoms with van der Waals surface area (Å²) in [5.41, 5.74) is 0.134. The number of rotatable bonds is 4. The molecule has 11 heteroatoms. The van der Waals surface area contributed by atoms with Crippen LogP contribution >= 0.6 is 27.7 Å². The van der Waals surface area contributed by atoms with Gasteiger partial charge in [0.15, 0.2) is 15.0 Å². The van der Waals surface area contributed by atoms with E-state index in [9.17, 15) is 22.4 Å². The molecule has 2 saturated heterocycles. The predicted octanol–water partition coefficient (Wildman–Crippen LogP) is 2.05. The fourth-order valence-electron chi connectivity index (χ4n) is 2.90. The van der Waals surface area contributed by atoms with Gasteiger partial charge in [-0.15, -0.1) is 0 Å². The number of sulfone groups is 1. The maximum atomic E-state index is 14.5. The first kappa shape index (κ1) is 19.3. The Morgan fingerprint density at radius 2 is 2.08 bits per heavy atom. The van der Waals surface area contributed by atoms with Crippen LogP contribution in [0.2, 0.25) is 0 Å². The van der Waals surface area contributed by atoms with E-state index in [1.54, 1.807) is 6.07 Å². The first-order chi connectivity index (χ1) is 12.2. The van der Waals surface area contributed by atoms with Gasteiger partial charge in [-0.3, -0.25) is 9.59 Å². The molecule has 26 heavy (non-hydrogen) atoms. The van der Waals surface area contributed by atoms with Gasteiger partial charge in [0.05, 0.1) is 29.7 Å². The third-order valence-electron chi connectivity index (χ3n) is 4.01. The van der Waals surface area contributed by atoms with E-state index in [2.05, 4.69) is 20.9 Å². The van der Waals surface area contributed by atoms with Gasteiger partial charge in [0.1, 0.15) is 5.82 Å². The number of carboxylic acid groups (broad SMARTS) is 1. The van der Waals surface area contributed by atoms with Crippen molar-refractivity contribution in [1.29, 1.82) is 0 Å². The number of aliphatic imine (C=N–C) groups is 1. The van der Waals surface area contributed by atoms with Crippen molar-refractivity contribution in [3.05, 3.63) is 28.5 Å². The maximum absolute atomic E-state index is 14.5. The van der Waals surface area contributed by atoms with Crippen LogP contribution in [0.25, 0.3) is 0 Å². The first-order valence-electron chi connectivity index (χ1n) is 7.61. The smallest absolute Gasteiger partial charge is 0.303 e. The summed E-state index contributed by atoms with van der Waals surface area (Å²) in [6.45, 7) is 0. The normalized spacial score (nSPS) is 25.5. The molecule has 0 radical (unpaired) electrons. The second-order valence-corrected chi connectivity index (χ2v) is 10.2. The van der Waals surface area contributed by atoms with Gasteiger partial charge in [0.2, 0.25) is 5.91 Å². The van der Waals surface area contributed by atoms with E-state index in [-0.39, 0.29) is 40.5 Å². The Labute approximate surface area is 161 Å². The number of carbonyl (C=O) groups is 2. The van der Waals surface area contributed by atoms with Crippen LogP contribution in [0.15, 0.2) is 27.7 Å². The lowest BCUT2D eigenvalue weighted by molar-refractivity contribution is -0.138. The number of carboxylic acids is 1. The molecule has 140 valence electrons. The number of aliphatic carboxylic acids is 1. The average Bonchev–Trinajstić information content (AvgIpc) is 2.97. The highest BCUT2D eigenvalue weighted by Gasteiger charge is 2.49. The van der Waals surface area contributed by atoms with Crippen molar-refractivity contribution in [2.75, 3.05) is 16.4 Å². The van der Waals surface area contributed by atoms with Crippen LogP contribution in [-0.2, 0) is 19.4 Å². The molecule has 0 bridgehead atoms. The number of benzene rings is 1. The monoisotopic (exact) mass is 464 g/mol. The van der Waals surface area contributed by atoms with Crippen LogP contribution in [0.4, 0.5) is 10.1 Å². The lowest BCUT2D eigenvalue weighted by Crippen LogP contribution is -2.38. The minimum Gasteiger partial charge on any atom is -0.481 e. The van der Waals surface area contributed by atoms with Crippen molar-refractivity contribution in [2.45, 2.75) is 24.1 Å². The minimum absolute atomic E-state index is 0.0701. The van der Waals surface area contributed by atoms with Crippen molar-refractivity contribution in [1.82, 2.24) is 0 Å². The van der Waals surface area contributed by atoms with Crippen molar-refractivity contribution in [2.24, 2.45) is 4.99 Å². The third-order valence-corrected chi connectivity index (χ3v) is 7.71. The second-order valence-electron chi connectivity index (χ2n) is 5.95. The summed E-state index contributed by atoms with van der Waals surface area (Å²) >= 11 is 4.28. The summed E-state index contributed by atoms with van der Waals surface area (Å²) < 4.78 is 38.9. The molecule has 2 aliphatic rings. The highest BCUT2D eigenvalue weighted by atomic mass is 79.9. The molecular weight excluding hydrogens is 451 g/mol. The van der Waals surface area contributed by atoms with E-state index in [1.165, 1.54) is 17.0 Å². The standard InChI is InChI=1S/C15H14BrFN2O5S2/c16-8-1-2-10(9(17)5-8)19-11-6-26(23,24)7-12(11)25-15(19)18-13(20)3-4-14(21)22/h1-2,5,11-12H,3-4,6-7H2,(H,21,22)/t11-,12-/m1/s1. The summed E-state index contributed by atoms with van der Waals surface area (Å²) in [5.74, 6) is -2.55. The number of fused-ring (bicyclic) bond motifs is 1. The number of amidine groups is 1. The van der Waals surface area contributed by atoms with Gasteiger partial charge in [0, 0.05) is 16.1 Å². The molecule has 1 aromatic rings. The fourth-order valence-corrected chi connectivity index (χ4v) is 7.16. The number of anilines is 1. The number of carbonyl (C=O) groups excluding carboxylic acids is 1. The summed E-state index contributed by atoms with van der Waals surface area (Å²) in [5, 5.41) is 8.52. The van der Waals surface area contributed by atoms with E-state index in [4.69, 9.17) is 5.11 Å². The zero-order valence-electron chi connectivity index (χ0n) is 13.3. The van der Waals surface area contributed by atoms with Gasteiger partial charge in [-0.05, 0) is 18.2 Å². The number of nitrogens with zero attached hydrogens (tertiary/aromatic N) is 2. The van der Waals surface area contributed by atoms with E-state index < -0.39 is 33.6 Å². The molecule has 0 spiro atoms. The molecule has 1 N–H and O–H groups in total. The maximum Gasteiger partial charge on any atom is 0.303 e. The quantitative estimate of drug-likeness (QED) is 0.726. The van der Waals surface area contributed by atoms with E-state index in [1.807, 2.05) is 0 Å². The van der Waals surface area contributed by atoms with Crippen LogP contribution in [0.5, 0.6) is 0 Å². The van der Waals surface area contributed by atoms with Gasteiger partial charge >= 0.3 is 5.97 Å². The number of amides is 1. The Hall–Kier alpha value is -1.46. The van der Waals surface area contributed by atoms with E-state index >= 15 is 0 Å². The van der Waals surface area contributed by atoms with Gasteiger partial charge in [0.25, 0.3) is 0 Å². The molecule has 1 aromatic carbocycles. The summed E-state index contributed by atoms with van der Waals surface area (Å²) in [6, 6.07) is 3.83. The topological polar surface area (TPSA) is 104 Å². The van der Waals surface area contributed by atoms with Crippen molar-refractivity contribution in [3.63, 3.8) is 0 Å². The summed E-state index contributed by atoms with van der Waals surface area (Å²) in [4.78, 5) is 27.9. The Kier molecular flexibility index (Phi) is 5.40. The Morgan fingerprint density at radius 3 is 2.73 bits per heavy atom. The Morgan fingerprint density at radius 1 is 1.35 bits per heavy atom. The first-order valence-corrected chi connectivity index (χ1v) is 11.1. The number of thioether (sulfide) groups is 1. The van der Waals surface area contributed by atoms with Crippen LogP contribution in [0.1, 0.15) is 12.8 Å². The van der Waals surface area contributed by atoms with E-state index in [0.717, 1.165) is 11.8 Å². The van der Waals surface area contributed by atoms with Crippen molar-refractivity contribution in [3.8, 4) is 0 Å². The summed E-state index contributed by atoms with van der Waals surface area (Å²) in [7, 11) is -3.25. The third kappa shape index (κ3) is 4.09. The molecule has 3 rings (SSSR count). The zero-order valence-corrected chi connectivity index (χ0v) is 16.5. The van der Waals surface area contributed by atoms with Gasteiger partial charge in [-0.2, -0.15) is 4.99 Å². The van der Waals surface area contributed by atoms with E-state index in [0.29, 0.717) is 4.47 Å². The van der Waals surface area contributed by atoms with Crippen LogP contribution in [-0.4, -0.2) is 53.4 Å². The molecule has 0 unspecified atom stereocenters. The highest BCUT2D eigenvalue weighted by Crippen LogP contribution is 2.42. The fraction of sp³-hybridized carbons (Fsp3) is 0.400. The van der Waals surface area contributed by atoms with Crippen molar-refractivity contribution < 1.29 is 27.5 Å². The minimum atomic E-state index is -3.25. The molecule has 0 saturated carbocycles. The number of hydrogen-bond donors (Lipinski definition) is 1. The zero-order chi connectivity index (χ0) is 19.1. The Balaban J connectivity index is 1.96. The lowest BCUT2D eigenvalue weighted by Gasteiger charge is -2.25. The van der Waals surface area contributed by atoms with Gasteiger partial charge in [-0.25, -0.2) is 12.8 Å². The van der Waals surface area contributed by atoms with Crippen LogP contribution < -0.4 is 4.90 Å². The summed E-state index contributed by atoms with van der Waals surface area (Å²) in [6.07, 6.45) is -0.627. The van der Waals surface area contributed by atoms with Crippen LogP contribution in [0.3, 0.4) is 0 Å². The van der Waals surface area contributed by atoms with Gasteiger partial charge < -0.3 is 10.0 Å². The molecule has 0 aliphatic carbocycles. The number of halogens is 2. The molecular formula is C15H14BrFN2O5S2. The van der Waals surface area contributed by atoms with Crippen LogP contribution in [0, 0.1) is 5.82 Å². The molecule has 2 heterocycles. The largest absolute Gasteiger partial charge is 0.481 e. The molecule has 7 nitrogen and oxygen atoms in total. The molecule has 0 aromatic heterocycles.